The largest absolute Gasteiger partial charge is 0.489 e. The number of hydrogen-bond donors (Lipinski definition) is 0. The first-order valence-electron chi connectivity index (χ1n) is 8.40. The summed E-state index contributed by atoms with van der Waals surface area (Å²) < 4.78 is 12.6. The average molecular weight is 476 g/mol. The molecule has 0 aliphatic carbocycles. The maximum atomic E-state index is 12.6. The molecule has 0 amide bonds. The van der Waals surface area contributed by atoms with Crippen molar-refractivity contribution in [1.82, 2.24) is 0 Å². The molecule has 3 aromatic rings. The fraction of sp³-hybridized carbons (Fsp3) is 0.0455. The summed E-state index contributed by atoms with van der Waals surface area (Å²) in [6.07, 6.45) is 1.65. The number of carbonyl (C=O) groups excluding carboxylic acids is 1. The molecule has 3 nitrogen and oxygen atoms in total. The first kappa shape index (κ1) is 19.1. The molecule has 0 saturated carbocycles. The van der Waals surface area contributed by atoms with Crippen LogP contribution in [0.2, 0.25) is 10.0 Å². The number of hydrogen-bond acceptors (Lipinski definition) is 3. The van der Waals surface area contributed by atoms with Crippen molar-refractivity contribution < 1.29 is 14.3 Å². The van der Waals surface area contributed by atoms with Gasteiger partial charge >= 0.3 is 0 Å². The lowest BCUT2D eigenvalue weighted by atomic mass is 10.1. The Kier molecular flexibility index (Phi) is 5.44. The fourth-order valence-electron chi connectivity index (χ4n) is 2.76. The van der Waals surface area contributed by atoms with Gasteiger partial charge in [-0.3, -0.25) is 4.79 Å². The molecular weight excluding hydrogens is 463 g/mol. The van der Waals surface area contributed by atoms with Crippen molar-refractivity contribution in [3.8, 4) is 11.5 Å². The van der Waals surface area contributed by atoms with Crippen LogP contribution in [0.5, 0.6) is 11.5 Å². The molecular formula is C22H13BrCl2O3. The standard InChI is InChI=1S/C22H13BrCl2O3/c23-15-4-1-13(2-5-15)12-27-16-6-7-17-20(11-16)28-21(22(17)26)10-14-3-8-18(24)19(25)9-14/h1-11H,12H2/b21-10-. The van der Waals surface area contributed by atoms with E-state index in [2.05, 4.69) is 15.9 Å². The van der Waals surface area contributed by atoms with E-state index in [4.69, 9.17) is 32.7 Å². The lowest BCUT2D eigenvalue weighted by Gasteiger charge is -2.07. The smallest absolute Gasteiger partial charge is 0.231 e. The number of Topliss-reactive ketones (excluding diaryl/α,β-unsaturated/α-hetero) is 1. The first-order valence-corrected chi connectivity index (χ1v) is 9.95. The summed E-state index contributed by atoms with van der Waals surface area (Å²) in [5, 5.41) is 0.876. The predicted octanol–water partition coefficient (Wildman–Crippen LogP) is 6.95. The van der Waals surface area contributed by atoms with E-state index in [1.54, 1.807) is 42.5 Å². The second-order valence-electron chi connectivity index (χ2n) is 6.19. The Morgan fingerprint density at radius 2 is 1.75 bits per heavy atom. The van der Waals surface area contributed by atoms with Gasteiger partial charge in [-0.05, 0) is 53.6 Å². The predicted molar refractivity (Wildman–Crippen MR) is 114 cm³/mol. The van der Waals surface area contributed by atoms with Crippen molar-refractivity contribution >= 4 is 51.0 Å². The van der Waals surface area contributed by atoms with E-state index in [9.17, 15) is 4.79 Å². The monoisotopic (exact) mass is 474 g/mol. The number of rotatable bonds is 4. The summed E-state index contributed by atoms with van der Waals surface area (Å²) in [5.74, 6) is 1.16. The lowest BCUT2D eigenvalue weighted by Crippen LogP contribution is -1.98. The molecule has 6 heteroatoms. The average Bonchev–Trinajstić information content (AvgIpc) is 2.99. The quantitative estimate of drug-likeness (QED) is 0.383. The third-order valence-electron chi connectivity index (χ3n) is 4.20. The van der Waals surface area contributed by atoms with Gasteiger partial charge in [-0.2, -0.15) is 0 Å². The summed E-state index contributed by atoms with van der Waals surface area (Å²) in [5.41, 5.74) is 2.28. The Labute approximate surface area is 180 Å². The number of fused-ring (bicyclic) bond motifs is 1. The number of carbonyl (C=O) groups is 1. The lowest BCUT2D eigenvalue weighted by molar-refractivity contribution is 0.101. The summed E-state index contributed by atoms with van der Waals surface area (Å²) >= 11 is 15.4. The summed E-state index contributed by atoms with van der Waals surface area (Å²) in [7, 11) is 0. The van der Waals surface area contributed by atoms with Crippen LogP contribution in [0.15, 0.2) is 70.9 Å². The van der Waals surface area contributed by atoms with E-state index >= 15 is 0 Å². The van der Waals surface area contributed by atoms with Crippen LogP contribution in [-0.4, -0.2) is 5.78 Å². The molecule has 0 N–H and O–H groups in total. The minimum absolute atomic E-state index is 0.180. The van der Waals surface area contributed by atoms with Crippen molar-refractivity contribution in [3.63, 3.8) is 0 Å². The van der Waals surface area contributed by atoms with E-state index in [1.165, 1.54) is 0 Å². The first-order chi connectivity index (χ1) is 13.5. The topological polar surface area (TPSA) is 35.5 Å². The molecule has 0 saturated heterocycles. The molecule has 3 aromatic carbocycles. The molecule has 0 aromatic heterocycles. The number of halogens is 3. The Morgan fingerprint density at radius 3 is 2.50 bits per heavy atom. The summed E-state index contributed by atoms with van der Waals surface area (Å²) in [4.78, 5) is 12.6. The van der Waals surface area contributed by atoms with E-state index < -0.39 is 0 Å². The molecule has 0 spiro atoms. The Balaban J connectivity index is 1.51. The molecule has 0 bridgehead atoms. The third kappa shape index (κ3) is 4.09. The number of allylic oxidation sites excluding steroid dienone is 1. The summed E-state index contributed by atoms with van der Waals surface area (Å²) in [6.45, 7) is 0.423. The number of ether oxygens (including phenoxy) is 2. The maximum absolute atomic E-state index is 12.6. The van der Waals surface area contributed by atoms with E-state index in [1.807, 2.05) is 24.3 Å². The summed E-state index contributed by atoms with van der Waals surface area (Å²) in [6, 6.07) is 18.2. The zero-order chi connectivity index (χ0) is 19.7. The highest BCUT2D eigenvalue weighted by molar-refractivity contribution is 9.10. The van der Waals surface area contributed by atoms with Crippen LogP contribution in [0.25, 0.3) is 6.08 Å². The molecule has 1 aliphatic rings. The highest BCUT2D eigenvalue weighted by Crippen LogP contribution is 2.35. The Bertz CT molecular complexity index is 1090. The van der Waals surface area contributed by atoms with Gasteiger partial charge in [0.1, 0.15) is 18.1 Å². The van der Waals surface area contributed by atoms with E-state index in [-0.39, 0.29) is 11.5 Å². The number of benzene rings is 3. The second-order valence-corrected chi connectivity index (χ2v) is 7.92. The highest BCUT2D eigenvalue weighted by atomic mass is 79.9. The van der Waals surface area contributed by atoms with Crippen molar-refractivity contribution in [2.45, 2.75) is 6.61 Å². The molecule has 0 atom stereocenters. The van der Waals surface area contributed by atoms with Crippen LogP contribution in [0.1, 0.15) is 21.5 Å². The van der Waals surface area contributed by atoms with Crippen LogP contribution < -0.4 is 9.47 Å². The zero-order valence-electron chi connectivity index (χ0n) is 14.4. The zero-order valence-corrected chi connectivity index (χ0v) is 17.5. The van der Waals surface area contributed by atoms with Gasteiger partial charge in [0.15, 0.2) is 5.76 Å². The van der Waals surface area contributed by atoms with Crippen LogP contribution in [0.4, 0.5) is 0 Å². The van der Waals surface area contributed by atoms with Crippen molar-refractivity contribution in [2.75, 3.05) is 0 Å². The van der Waals surface area contributed by atoms with Crippen molar-refractivity contribution in [3.05, 3.63) is 97.6 Å². The molecule has 1 heterocycles. The van der Waals surface area contributed by atoms with E-state index in [0.29, 0.717) is 33.7 Å². The molecule has 0 fully saturated rings. The SMILES string of the molecule is O=C1/C(=C/c2ccc(Cl)c(Cl)c2)Oc2cc(OCc3ccc(Br)cc3)ccc21. The normalized spacial score (nSPS) is 14.1. The molecule has 0 radical (unpaired) electrons. The van der Waals surface area contributed by atoms with Gasteiger partial charge < -0.3 is 9.47 Å². The van der Waals surface area contributed by atoms with Crippen LogP contribution in [0, 0.1) is 0 Å². The van der Waals surface area contributed by atoms with Gasteiger partial charge in [0.2, 0.25) is 5.78 Å². The minimum atomic E-state index is -0.180. The van der Waals surface area contributed by atoms with Gasteiger partial charge in [-0.15, -0.1) is 0 Å². The fourth-order valence-corrected chi connectivity index (χ4v) is 3.33. The van der Waals surface area contributed by atoms with Crippen LogP contribution in [-0.2, 0) is 6.61 Å². The van der Waals surface area contributed by atoms with Gasteiger partial charge in [-0.1, -0.05) is 57.3 Å². The van der Waals surface area contributed by atoms with Gasteiger partial charge in [-0.25, -0.2) is 0 Å². The molecule has 1 aliphatic heterocycles. The number of ketones is 1. The molecule has 28 heavy (non-hydrogen) atoms. The molecule has 0 unspecified atom stereocenters. The van der Waals surface area contributed by atoms with Gasteiger partial charge in [0.05, 0.1) is 15.6 Å². The second kappa shape index (κ2) is 8.00. The van der Waals surface area contributed by atoms with Crippen LogP contribution in [0.3, 0.4) is 0 Å². The van der Waals surface area contributed by atoms with Crippen molar-refractivity contribution in [1.29, 1.82) is 0 Å². The van der Waals surface area contributed by atoms with Gasteiger partial charge in [0, 0.05) is 10.5 Å². The molecule has 140 valence electrons. The van der Waals surface area contributed by atoms with Crippen LogP contribution >= 0.6 is 39.1 Å². The third-order valence-corrected chi connectivity index (χ3v) is 5.47. The van der Waals surface area contributed by atoms with E-state index in [0.717, 1.165) is 15.6 Å². The van der Waals surface area contributed by atoms with Gasteiger partial charge in [0.25, 0.3) is 0 Å². The minimum Gasteiger partial charge on any atom is -0.489 e. The Morgan fingerprint density at radius 1 is 0.964 bits per heavy atom. The highest BCUT2D eigenvalue weighted by Gasteiger charge is 2.27. The molecule has 4 rings (SSSR count). The Hall–Kier alpha value is -2.27. The maximum Gasteiger partial charge on any atom is 0.231 e. The van der Waals surface area contributed by atoms with Crippen molar-refractivity contribution in [2.24, 2.45) is 0 Å².